The summed E-state index contributed by atoms with van der Waals surface area (Å²) in [5.41, 5.74) is 4.55. The lowest BCUT2D eigenvalue weighted by Gasteiger charge is -2.21. The molecule has 0 bridgehead atoms. The van der Waals surface area contributed by atoms with Crippen LogP contribution in [0.5, 0.6) is 0 Å². The second-order valence-corrected chi connectivity index (χ2v) is 4.45. The summed E-state index contributed by atoms with van der Waals surface area (Å²) in [7, 11) is 0. The Labute approximate surface area is 109 Å². The molecule has 0 radical (unpaired) electrons. The van der Waals surface area contributed by atoms with Crippen molar-refractivity contribution in [2.75, 3.05) is 18.0 Å². The van der Waals surface area contributed by atoms with Gasteiger partial charge in [-0.3, -0.25) is 4.79 Å². The molecule has 0 saturated heterocycles. The third-order valence-electron chi connectivity index (χ3n) is 3.41. The first-order chi connectivity index (χ1) is 8.78. The summed E-state index contributed by atoms with van der Waals surface area (Å²) in [5.74, 6) is 0. The maximum Gasteiger partial charge on any atom is 0.146 e. The molecule has 0 atom stereocenters. The van der Waals surface area contributed by atoms with E-state index in [-0.39, 0.29) is 0 Å². The van der Waals surface area contributed by atoms with Crippen LogP contribution < -0.4 is 4.90 Å². The maximum atomic E-state index is 10.7. The van der Waals surface area contributed by atoms with E-state index in [9.17, 15) is 4.79 Å². The van der Waals surface area contributed by atoms with Gasteiger partial charge >= 0.3 is 0 Å². The number of benzene rings is 1. The van der Waals surface area contributed by atoms with Gasteiger partial charge in [0.05, 0.1) is 0 Å². The van der Waals surface area contributed by atoms with Crippen LogP contribution in [-0.2, 0) is 4.79 Å². The smallest absolute Gasteiger partial charge is 0.146 e. The molecule has 1 aliphatic carbocycles. The van der Waals surface area contributed by atoms with Crippen LogP contribution in [0.25, 0.3) is 5.57 Å². The summed E-state index contributed by atoms with van der Waals surface area (Å²) in [4.78, 5) is 13.0. The van der Waals surface area contributed by atoms with Crippen molar-refractivity contribution in [3.63, 3.8) is 0 Å². The molecule has 0 heterocycles. The highest BCUT2D eigenvalue weighted by Crippen LogP contribution is 2.28. The summed E-state index contributed by atoms with van der Waals surface area (Å²) in [5, 5.41) is 0. The minimum atomic E-state index is 0.758. The first-order valence-electron chi connectivity index (χ1n) is 6.48. The normalized spacial score (nSPS) is 14.1. The molecule has 94 valence electrons. The average Bonchev–Trinajstić information content (AvgIpc) is 2.90. The summed E-state index contributed by atoms with van der Waals surface area (Å²) in [6.07, 6.45) is 5.64. The van der Waals surface area contributed by atoms with Crippen LogP contribution in [0.3, 0.4) is 0 Å². The molecule has 0 aromatic heterocycles. The Bertz CT molecular complexity index is 478. The van der Waals surface area contributed by atoms with Crippen LogP contribution >= 0.6 is 0 Å². The zero-order chi connectivity index (χ0) is 13.0. The first-order valence-corrected chi connectivity index (χ1v) is 6.48. The van der Waals surface area contributed by atoms with Gasteiger partial charge in [0, 0.05) is 25.2 Å². The van der Waals surface area contributed by atoms with E-state index in [1.54, 1.807) is 0 Å². The van der Waals surface area contributed by atoms with Crippen molar-refractivity contribution in [3.05, 3.63) is 47.6 Å². The fraction of sp³-hybridized carbons (Fsp3) is 0.312. The van der Waals surface area contributed by atoms with Gasteiger partial charge in [-0.25, -0.2) is 0 Å². The molecule has 1 aromatic carbocycles. The van der Waals surface area contributed by atoms with Gasteiger partial charge in [0.1, 0.15) is 6.29 Å². The van der Waals surface area contributed by atoms with Crippen molar-refractivity contribution in [3.8, 4) is 0 Å². The highest BCUT2D eigenvalue weighted by molar-refractivity contribution is 5.85. The van der Waals surface area contributed by atoms with Crippen molar-refractivity contribution in [1.29, 1.82) is 0 Å². The molecule has 0 spiro atoms. The van der Waals surface area contributed by atoms with E-state index in [0.717, 1.165) is 31.4 Å². The second-order valence-electron chi connectivity index (χ2n) is 4.45. The molecule has 2 heteroatoms. The van der Waals surface area contributed by atoms with Gasteiger partial charge in [0.15, 0.2) is 0 Å². The van der Waals surface area contributed by atoms with Crippen molar-refractivity contribution in [2.45, 2.75) is 20.3 Å². The maximum absolute atomic E-state index is 10.7. The molecule has 18 heavy (non-hydrogen) atoms. The van der Waals surface area contributed by atoms with E-state index in [1.807, 2.05) is 12.2 Å². The Morgan fingerprint density at radius 2 is 1.78 bits per heavy atom. The lowest BCUT2D eigenvalue weighted by atomic mass is 10.0. The fourth-order valence-electron chi connectivity index (χ4n) is 2.30. The first kappa shape index (κ1) is 12.6. The van der Waals surface area contributed by atoms with Crippen molar-refractivity contribution >= 4 is 17.5 Å². The van der Waals surface area contributed by atoms with E-state index in [2.05, 4.69) is 43.0 Å². The molecular weight excluding hydrogens is 222 g/mol. The molecule has 0 fully saturated rings. The van der Waals surface area contributed by atoms with Gasteiger partial charge in [-0.05, 0) is 42.7 Å². The minimum Gasteiger partial charge on any atom is -0.372 e. The number of hydrogen-bond acceptors (Lipinski definition) is 2. The van der Waals surface area contributed by atoms with Crippen molar-refractivity contribution in [1.82, 2.24) is 0 Å². The topological polar surface area (TPSA) is 20.3 Å². The third kappa shape index (κ3) is 2.53. The summed E-state index contributed by atoms with van der Waals surface area (Å²) >= 11 is 0. The number of rotatable bonds is 5. The Hall–Kier alpha value is -1.83. The Morgan fingerprint density at radius 1 is 1.11 bits per heavy atom. The van der Waals surface area contributed by atoms with Gasteiger partial charge < -0.3 is 4.90 Å². The van der Waals surface area contributed by atoms with Gasteiger partial charge in [-0.1, -0.05) is 24.3 Å². The zero-order valence-corrected chi connectivity index (χ0v) is 11.0. The number of anilines is 1. The largest absolute Gasteiger partial charge is 0.372 e. The standard InChI is InChI=1S/C16H19NO/c1-3-17(4-2)16-9-7-14(8-10-16)15-6-5-13(11-15)12-18/h5-10,12H,3-4,11H2,1-2H3. The molecule has 0 amide bonds. The number of carbonyl (C=O) groups excluding carboxylic acids is 1. The fourth-order valence-corrected chi connectivity index (χ4v) is 2.30. The average molecular weight is 241 g/mol. The van der Waals surface area contributed by atoms with Crippen molar-refractivity contribution < 1.29 is 4.79 Å². The predicted molar refractivity (Wildman–Crippen MR) is 76.7 cm³/mol. The monoisotopic (exact) mass is 241 g/mol. The molecule has 2 nitrogen and oxygen atoms in total. The van der Waals surface area contributed by atoms with Crippen LogP contribution in [0.2, 0.25) is 0 Å². The van der Waals surface area contributed by atoms with Crippen LogP contribution in [0.1, 0.15) is 25.8 Å². The summed E-state index contributed by atoms with van der Waals surface area (Å²) in [6.45, 7) is 6.37. The number of aldehydes is 1. The zero-order valence-electron chi connectivity index (χ0n) is 11.0. The second kappa shape index (κ2) is 5.67. The summed E-state index contributed by atoms with van der Waals surface area (Å²) < 4.78 is 0. The van der Waals surface area contributed by atoms with E-state index in [0.29, 0.717) is 0 Å². The Morgan fingerprint density at radius 3 is 2.28 bits per heavy atom. The number of carbonyl (C=O) groups is 1. The van der Waals surface area contributed by atoms with Gasteiger partial charge in [0.25, 0.3) is 0 Å². The third-order valence-corrected chi connectivity index (χ3v) is 3.41. The molecule has 0 unspecified atom stereocenters. The van der Waals surface area contributed by atoms with Crippen LogP contribution in [0, 0.1) is 0 Å². The molecule has 1 aliphatic rings. The molecule has 1 aromatic rings. The van der Waals surface area contributed by atoms with Gasteiger partial charge in [0.2, 0.25) is 0 Å². The highest BCUT2D eigenvalue weighted by atomic mass is 16.1. The molecular formula is C16H19NO. The highest BCUT2D eigenvalue weighted by Gasteiger charge is 2.10. The van der Waals surface area contributed by atoms with Crippen molar-refractivity contribution in [2.24, 2.45) is 0 Å². The van der Waals surface area contributed by atoms with Gasteiger partial charge in [-0.2, -0.15) is 0 Å². The molecule has 0 N–H and O–H groups in total. The Kier molecular flexibility index (Phi) is 3.98. The van der Waals surface area contributed by atoms with Crippen LogP contribution in [-0.4, -0.2) is 19.4 Å². The lowest BCUT2D eigenvalue weighted by Crippen LogP contribution is -2.21. The van der Waals surface area contributed by atoms with E-state index in [1.165, 1.54) is 16.8 Å². The lowest BCUT2D eigenvalue weighted by molar-refractivity contribution is -0.104. The van der Waals surface area contributed by atoms with E-state index >= 15 is 0 Å². The van der Waals surface area contributed by atoms with Crippen LogP contribution in [0.15, 0.2) is 42.0 Å². The number of hydrogen-bond donors (Lipinski definition) is 0. The van der Waals surface area contributed by atoms with Gasteiger partial charge in [-0.15, -0.1) is 0 Å². The van der Waals surface area contributed by atoms with E-state index < -0.39 is 0 Å². The van der Waals surface area contributed by atoms with Crippen LogP contribution in [0.4, 0.5) is 5.69 Å². The number of allylic oxidation sites excluding steroid dienone is 4. The quantitative estimate of drug-likeness (QED) is 0.736. The Balaban J connectivity index is 2.12. The predicted octanol–water partition coefficient (Wildman–Crippen LogP) is 3.45. The van der Waals surface area contributed by atoms with E-state index in [4.69, 9.17) is 0 Å². The summed E-state index contributed by atoms with van der Waals surface area (Å²) in [6, 6.07) is 8.59. The minimum absolute atomic E-state index is 0.758. The molecule has 0 saturated carbocycles. The molecule has 0 aliphatic heterocycles. The molecule has 2 rings (SSSR count). The number of nitrogens with zero attached hydrogens (tertiary/aromatic N) is 1. The SMILES string of the molecule is CCN(CC)c1ccc(C2=CC=C(C=O)C2)cc1.